The highest BCUT2D eigenvalue weighted by molar-refractivity contribution is 5.94. The second kappa shape index (κ2) is 6.21. The van der Waals surface area contributed by atoms with Crippen LogP contribution in [0.15, 0.2) is 0 Å². The molecule has 0 unspecified atom stereocenters. The van der Waals surface area contributed by atoms with Gasteiger partial charge in [-0.2, -0.15) is 0 Å². The van der Waals surface area contributed by atoms with Gasteiger partial charge >= 0.3 is 0 Å². The van der Waals surface area contributed by atoms with E-state index in [2.05, 4.69) is 10.6 Å². The molecule has 0 aliphatic carbocycles. The number of hydrogen-bond donors (Lipinski definition) is 3. The molecular formula is C13H22N4O3. The number of likely N-dealkylation sites (tertiary alicyclic amines) is 1. The molecule has 0 aromatic carbocycles. The normalized spacial score (nSPS) is 22.4. The first-order chi connectivity index (χ1) is 9.56. The summed E-state index contributed by atoms with van der Waals surface area (Å²) in [5.41, 5.74) is 4.25. The Hall–Kier alpha value is -1.63. The molecule has 0 aromatic rings. The van der Waals surface area contributed by atoms with Crippen LogP contribution in [-0.2, 0) is 14.4 Å². The monoisotopic (exact) mass is 282 g/mol. The molecule has 0 radical (unpaired) electrons. The zero-order valence-electron chi connectivity index (χ0n) is 11.6. The van der Waals surface area contributed by atoms with Gasteiger partial charge in [0.15, 0.2) is 0 Å². The van der Waals surface area contributed by atoms with E-state index in [0.29, 0.717) is 38.9 Å². The Kier molecular flexibility index (Phi) is 4.59. The Bertz CT molecular complexity index is 404. The lowest BCUT2D eigenvalue weighted by Crippen LogP contribution is -2.65. The van der Waals surface area contributed by atoms with Crippen molar-refractivity contribution in [2.75, 3.05) is 26.2 Å². The van der Waals surface area contributed by atoms with E-state index in [1.54, 1.807) is 4.90 Å². The molecule has 3 amide bonds. The second-order valence-corrected chi connectivity index (χ2v) is 5.43. The van der Waals surface area contributed by atoms with E-state index in [1.165, 1.54) is 0 Å². The predicted molar refractivity (Wildman–Crippen MR) is 72.6 cm³/mol. The van der Waals surface area contributed by atoms with Crippen LogP contribution in [-0.4, -0.2) is 54.3 Å². The highest BCUT2D eigenvalue weighted by Gasteiger charge is 2.47. The molecule has 0 spiro atoms. The minimum atomic E-state index is -0.821. The van der Waals surface area contributed by atoms with Gasteiger partial charge in [-0.15, -0.1) is 0 Å². The number of carbonyl (C=O) groups excluding carboxylic acids is 3. The topological polar surface area (TPSA) is 105 Å². The van der Waals surface area contributed by atoms with Crippen molar-refractivity contribution in [1.82, 2.24) is 15.5 Å². The van der Waals surface area contributed by atoms with Gasteiger partial charge in [0.1, 0.15) is 5.54 Å². The minimum Gasteiger partial charge on any atom is -0.368 e. The van der Waals surface area contributed by atoms with Crippen LogP contribution in [0, 0.1) is 0 Å². The number of nitrogens with two attached hydrogens (primary N) is 1. The number of primary amides is 1. The number of hydrogen-bond acceptors (Lipinski definition) is 4. The number of amides is 3. The third kappa shape index (κ3) is 2.92. The molecule has 0 saturated carbocycles. The molecule has 2 fully saturated rings. The third-order valence-electron chi connectivity index (χ3n) is 4.12. The fraction of sp³-hybridized carbons (Fsp3) is 0.769. The third-order valence-corrected chi connectivity index (χ3v) is 4.12. The highest BCUT2D eigenvalue weighted by atomic mass is 16.2. The largest absolute Gasteiger partial charge is 0.368 e. The molecule has 0 aromatic heterocycles. The first kappa shape index (κ1) is 14.8. The summed E-state index contributed by atoms with van der Waals surface area (Å²) >= 11 is 0. The lowest BCUT2D eigenvalue weighted by molar-refractivity contribution is -0.152. The molecule has 20 heavy (non-hydrogen) atoms. The molecule has 7 heteroatoms. The average molecular weight is 282 g/mol. The summed E-state index contributed by atoms with van der Waals surface area (Å²) in [7, 11) is 0. The fourth-order valence-corrected chi connectivity index (χ4v) is 3.05. The molecule has 112 valence electrons. The van der Waals surface area contributed by atoms with Crippen molar-refractivity contribution in [2.45, 2.75) is 37.6 Å². The van der Waals surface area contributed by atoms with Gasteiger partial charge < -0.3 is 21.3 Å². The van der Waals surface area contributed by atoms with E-state index in [1.807, 2.05) is 0 Å². The lowest BCUT2D eigenvalue weighted by atomic mass is 9.83. The van der Waals surface area contributed by atoms with Crippen LogP contribution < -0.4 is 16.4 Å². The number of nitrogens with zero attached hydrogens (tertiary/aromatic N) is 1. The predicted octanol–water partition coefficient (Wildman–Crippen LogP) is -1.28. The van der Waals surface area contributed by atoms with Gasteiger partial charge in [-0.25, -0.2) is 0 Å². The van der Waals surface area contributed by atoms with E-state index >= 15 is 0 Å². The number of rotatable bonds is 4. The van der Waals surface area contributed by atoms with E-state index in [0.717, 1.165) is 12.8 Å². The summed E-state index contributed by atoms with van der Waals surface area (Å²) in [5.74, 6) is -0.798. The average Bonchev–Trinajstić information content (AvgIpc) is 2.46. The maximum atomic E-state index is 12.5. The molecule has 0 bridgehead atoms. The highest BCUT2D eigenvalue weighted by Crippen LogP contribution is 2.30. The maximum absolute atomic E-state index is 12.5. The number of carbonyl (C=O) groups is 3. The smallest absolute Gasteiger partial charge is 0.246 e. The molecule has 4 N–H and O–H groups in total. The molecule has 2 heterocycles. The van der Waals surface area contributed by atoms with Gasteiger partial charge in [-0.3, -0.25) is 14.4 Å². The molecule has 2 aliphatic heterocycles. The maximum Gasteiger partial charge on any atom is 0.246 e. The molecule has 7 nitrogen and oxygen atoms in total. The quantitative estimate of drug-likeness (QED) is 0.597. The molecular weight excluding hydrogens is 260 g/mol. The minimum absolute atomic E-state index is 0.0346. The van der Waals surface area contributed by atoms with E-state index in [-0.39, 0.29) is 18.4 Å². The molecule has 2 rings (SSSR count). The lowest BCUT2D eigenvalue weighted by Gasteiger charge is -2.46. The molecule has 0 atom stereocenters. The van der Waals surface area contributed by atoms with Crippen LogP contribution in [0.1, 0.15) is 32.1 Å². The van der Waals surface area contributed by atoms with Crippen LogP contribution >= 0.6 is 0 Å². The van der Waals surface area contributed by atoms with Crippen molar-refractivity contribution in [1.29, 1.82) is 0 Å². The van der Waals surface area contributed by atoms with Gasteiger partial charge in [-0.05, 0) is 38.8 Å². The first-order valence-electron chi connectivity index (χ1n) is 7.14. The molecule has 2 saturated heterocycles. The van der Waals surface area contributed by atoms with Crippen LogP contribution in [0.5, 0.6) is 0 Å². The van der Waals surface area contributed by atoms with Crippen molar-refractivity contribution >= 4 is 17.7 Å². The first-order valence-corrected chi connectivity index (χ1v) is 7.14. The standard InChI is InChI=1S/C13H22N4O3/c14-10(18)9-16-12(20)13(4-6-15-7-5-13)17-8-2-1-3-11(17)19/h15H,1-9H2,(H2,14,18)(H,16,20). The van der Waals surface area contributed by atoms with Crippen molar-refractivity contribution in [3.8, 4) is 0 Å². The molecule has 2 aliphatic rings. The van der Waals surface area contributed by atoms with E-state index < -0.39 is 11.4 Å². The van der Waals surface area contributed by atoms with Crippen LogP contribution in [0.25, 0.3) is 0 Å². The summed E-state index contributed by atoms with van der Waals surface area (Å²) in [5, 5.41) is 5.78. The Balaban J connectivity index is 2.17. The Morgan fingerprint density at radius 3 is 2.60 bits per heavy atom. The van der Waals surface area contributed by atoms with Crippen molar-refractivity contribution in [2.24, 2.45) is 5.73 Å². The zero-order valence-corrected chi connectivity index (χ0v) is 11.6. The summed E-state index contributed by atoms with van der Waals surface area (Å²) in [6.45, 7) is 1.81. The van der Waals surface area contributed by atoms with Crippen LogP contribution in [0.3, 0.4) is 0 Å². The van der Waals surface area contributed by atoms with Crippen LogP contribution in [0.4, 0.5) is 0 Å². The summed E-state index contributed by atoms with van der Waals surface area (Å²) in [6, 6.07) is 0. The van der Waals surface area contributed by atoms with Crippen LogP contribution in [0.2, 0.25) is 0 Å². The summed E-state index contributed by atoms with van der Waals surface area (Å²) < 4.78 is 0. The Morgan fingerprint density at radius 2 is 2.00 bits per heavy atom. The second-order valence-electron chi connectivity index (χ2n) is 5.43. The zero-order chi connectivity index (χ0) is 14.6. The van der Waals surface area contributed by atoms with E-state index in [9.17, 15) is 14.4 Å². The van der Waals surface area contributed by atoms with E-state index in [4.69, 9.17) is 5.73 Å². The van der Waals surface area contributed by atoms with Crippen molar-refractivity contribution in [3.63, 3.8) is 0 Å². The van der Waals surface area contributed by atoms with Gasteiger partial charge in [-0.1, -0.05) is 0 Å². The number of piperidine rings is 2. The Morgan fingerprint density at radius 1 is 1.30 bits per heavy atom. The van der Waals surface area contributed by atoms with Crippen molar-refractivity contribution in [3.05, 3.63) is 0 Å². The van der Waals surface area contributed by atoms with Gasteiger partial charge in [0.25, 0.3) is 0 Å². The SMILES string of the molecule is NC(=O)CNC(=O)C1(N2CCCCC2=O)CCNCC1. The Labute approximate surface area is 118 Å². The fourth-order valence-electron chi connectivity index (χ4n) is 3.05. The summed E-state index contributed by atoms with van der Waals surface area (Å²) in [4.78, 5) is 37.3. The van der Waals surface area contributed by atoms with Gasteiger partial charge in [0.2, 0.25) is 17.7 Å². The van der Waals surface area contributed by atoms with Gasteiger partial charge in [0, 0.05) is 13.0 Å². The summed E-state index contributed by atoms with van der Waals surface area (Å²) in [6.07, 6.45) is 3.45. The van der Waals surface area contributed by atoms with Gasteiger partial charge in [0.05, 0.1) is 6.54 Å². The number of nitrogens with one attached hydrogen (secondary N) is 2. The van der Waals surface area contributed by atoms with Crippen molar-refractivity contribution < 1.29 is 14.4 Å².